The van der Waals surface area contributed by atoms with E-state index in [-0.39, 0.29) is 5.78 Å². The van der Waals surface area contributed by atoms with Crippen LogP contribution in [-0.4, -0.2) is 20.7 Å². The number of aryl methyl sites for hydroxylation is 1. The number of aromatic nitrogens is 3. The van der Waals surface area contributed by atoms with Crippen molar-refractivity contribution in [2.75, 3.05) is 0 Å². The van der Waals surface area contributed by atoms with Gasteiger partial charge in [0.05, 0.1) is 0 Å². The van der Waals surface area contributed by atoms with Crippen molar-refractivity contribution in [3.63, 3.8) is 0 Å². The van der Waals surface area contributed by atoms with Crippen LogP contribution in [0, 0.1) is 6.92 Å². The second-order valence-corrected chi connectivity index (χ2v) is 4.62. The molecule has 86 valence electrons. The van der Waals surface area contributed by atoms with E-state index >= 15 is 0 Å². The molecule has 0 aliphatic carbocycles. The highest BCUT2D eigenvalue weighted by molar-refractivity contribution is 7.99. The minimum atomic E-state index is -0.0341. The average molecular weight is 245 g/mol. The van der Waals surface area contributed by atoms with Gasteiger partial charge in [-0.1, -0.05) is 0 Å². The molecular formula is C12H11N3OS. The Labute approximate surface area is 104 Å². The molecule has 0 aliphatic heterocycles. The van der Waals surface area contributed by atoms with Crippen molar-refractivity contribution in [2.24, 2.45) is 0 Å². The summed E-state index contributed by atoms with van der Waals surface area (Å²) in [7, 11) is 0. The van der Waals surface area contributed by atoms with E-state index in [1.807, 2.05) is 13.0 Å². The largest absolute Gasteiger partial charge is 0.293 e. The van der Waals surface area contributed by atoms with Crippen LogP contribution in [0.15, 0.2) is 40.8 Å². The zero-order chi connectivity index (χ0) is 12.3. The number of carbonyl (C=O) groups is 1. The van der Waals surface area contributed by atoms with Crippen LogP contribution in [0.2, 0.25) is 0 Å². The standard InChI is InChI=1S/C12H11N3OS/c1-8-5-14-12(15-6-8)17-10-3-4-11(9(2)16)13-7-10/h3-7H,1-2H3. The van der Waals surface area contributed by atoms with Gasteiger partial charge in [0.25, 0.3) is 0 Å². The first-order chi connectivity index (χ1) is 8.15. The van der Waals surface area contributed by atoms with Crippen LogP contribution in [0.3, 0.4) is 0 Å². The first-order valence-corrected chi connectivity index (χ1v) is 5.90. The van der Waals surface area contributed by atoms with Crippen molar-refractivity contribution in [1.82, 2.24) is 15.0 Å². The third-order valence-electron chi connectivity index (χ3n) is 2.06. The predicted molar refractivity (Wildman–Crippen MR) is 65.1 cm³/mol. The third-order valence-corrected chi connectivity index (χ3v) is 2.93. The van der Waals surface area contributed by atoms with E-state index in [0.29, 0.717) is 10.9 Å². The Morgan fingerprint density at radius 3 is 2.35 bits per heavy atom. The van der Waals surface area contributed by atoms with Gasteiger partial charge in [0.15, 0.2) is 10.9 Å². The van der Waals surface area contributed by atoms with E-state index in [1.54, 1.807) is 24.7 Å². The lowest BCUT2D eigenvalue weighted by Crippen LogP contribution is -1.95. The smallest absolute Gasteiger partial charge is 0.192 e. The number of hydrogen-bond acceptors (Lipinski definition) is 5. The molecule has 0 fully saturated rings. The summed E-state index contributed by atoms with van der Waals surface area (Å²) in [4.78, 5) is 24.4. The van der Waals surface area contributed by atoms with Gasteiger partial charge >= 0.3 is 0 Å². The van der Waals surface area contributed by atoms with E-state index in [9.17, 15) is 4.79 Å². The van der Waals surface area contributed by atoms with Gasteiger partial charge in [-0.3, -0.25) is 9.78 Å². The Hall–Kier alpha value is -1.75. The predicted octanol–water partition coefficient (Wildman–Crippen LogP) is 2.53. The van der Waals surface area contributed by atoms with E-state index in [1.165, 1.54) is 18.7 Å². The van der Waals surface area contributed by atoms with Gasteiger partial charge in [0, 0.05) is 30.4 Å². The summed E-state index contributed by atoms with van der Waals surface area (Å²) < 4.78 is 0. The van der Waals surface area contributed by atoms with Crippen molar-refractivity contribution in [1.29, 1.82) is 0 Å². The van der Waals surface area contributed by atoms with E-state index < -0.39 is 0 Å². The fourth-order valence-electron chi connectivity index (χ4n) is 1.19. The lowest BCUT2D eigenvalue weighted by Gasteiger charge is -2.00. The molecule has 0 unspecified atom stereocenters. The molecule has 0 N–H and O–H groups in total. The van der Waals surface area contributed by atoms with Crippen molar-refractivity contribution in [3.8, 4) is 0 Å². The minimum Gasteiger partial charge on any atom is -0.293 e. The maximum absolute atomic E-state index is 11.1. The monoisotopic (exact) mass is 245 g/mol. The molecule has 2 rings (SSSR count). The molecule has 0 atom stereocenters. The van der Waals surface area contributed by atoms with Crippen LogP contribution in [0.1, 0.15) is 23.0 Å². The summed E-state index contributed by atoms with van der Waals surface area (Å²) in [5, 5.41) is 0.674. The minimum absolute atomic E-state index is 0.0341. The summed E-state index contributed by atoms with van der Waals surface area (Å²) in [6.07, 6.45) is 5.20. The number of carbonyl (C=O) groups excluding carboxylic acids is 1. The molecule has 0 spiro atoms. The molecular weight excluding hydrogens is 234 g/mol. The maximum atomic E-state index is 11.1. The molecule has 0 aromatic carbocycles. The highest BCUT2D eigenvalue weighted by Gasteiger charge is 2.03. The van der Waals surface area contributed by atoms with Crippen molar-refractivity contribution in [3.05, 3.63) is 42.0 Å². The zero-order valence-corrected chi connectivity index (χ0v) is 10.4. The topological polar surface area (TPSA) is 55.7 Å². The molecule has 0 radical (unpaired) electrons. The molecule has 4 nitrogen and oxygen atoms in total. The summed E-state index contributed by atoms with van der Waals surface area (Å²) in [6, 6.07) is 3.55. The van der Waals surface area contributed by atoms with E-state index in [2.05, 4.69) is 15.0 Å². The first-order valence-electron chi connectivity index (χ1n) is 5.08. The number of Topliss-reactive ketones (excluding diaryl/α,β-unsaturated/α-hetero) is 1. The van der Waals surface area contributed by atoms with Gasteiger partial charge in [0.2, 0.25) is 0 Å². The van der Waals surface area contributed by atoms with Gasteiger partial charge < -0.3 is 0 Å². The van der Waals surface area contributed by atoms with Crippen LogP contribution in [-0.2, 0) is 0 Å². The first kappa shape index (κ1) is 11.7. The molecule has 0 aliphatic rings. The molecule has 0 amide bonds. The summed E-state index contributed by atoms with van der Waals surface area (Å²) in [6.45, 7) is 3.44. The third kappa shape index (κ3) is 3.10. The quantitative estimate of drug-likeness (QED) is 0.614. The van der Waals surface area contributed by atoms with E-state index in [0.717, 1.165) is 10.5 Å². The molecule has 0 saturated heterocycles. The Kier molecular flexibility index (Phi) is 3.49. The number of ketones is 1. The summed E-state index contributed by atoms with van der Waals surface area (Å²) in [5.41, 5.74) is 1.50. The molecule has 0 saturated carbocycles. The van der Waals surface area contributed by atoms with Gasteiger partial charge in [-0.15, -0.1) is 0 Å². The molecule has 2 aromatic rings. The number of hydrogen-bond donors (Lipinski definition) is 0. The van der Waals surface area contributed by atoms with Gasteiger partial charge in [-0.2, -0.15) is 0 Å². The lowest BCUT2D eigenvalue weighted by molar-refractivity contribution is 0.101. The van der Waals surface area contributed by atoms with Gasteiger partial charge in [-0.25, -0.2) is 9.97 Å². The van der Waals surface area contributed by atoms with Crippen LogP contribution in [0.5, 0.6) is 0 Å². The van der Waals surface area contributed by atoms with Crippen LogP contribution in [0.4, 0.5) is 0 Å². The molecule has 2 aromatic heterocycles. The Balaban J connectivity index is 2.13. The van der Waals surface area contributed by atoms with Gasteiger partial charge in [0.1, 0.15) is 5.69 Å². The second kappa shape index (κ2) is 5.05. The molecule has 2 heterocycles. The van der Waals surface area contributed by atoms with Crippen molar-refractivity contribution < 1.29 is 4.79 Å². The SMILES string of the molecule is CC(=O)c1ccc(Sc2ncc(C)cn2)cn1. The van der Waals surface area contributed by atoms with Crippen LogP contribution < -0.4 is 0 Å². The lowest BCUT2D eigenvalue weighted by atomic mass is 10.3. The average Bonchev–Trinajstić information content (AvgIpc) is 2.33. The summed E-state index contributed by atoms with van der Waals surface area (Å²) >= 11 is 1.42. The molecule has 17 heavy (non-hydrogen) atoms. The van der Waals surface area contributed by atoms with E-state index in [4.69, 9.17) is 0 Å². The molecule has 0 bridgehead atoms. The number of pyridine rings is 1. The zero-order valence-electron chi connectivity index (χ0n) is 9.54. The Morgan fingerprint density at radius 1 is 1.12 bits per heavy atom. The Morgan fingerprint density at radius 2 is 1.82 bits per heavy atom. The summed E-state index contributed by atoms with van der Waals surface area (Å²) in [5.74, 6) is -0.0341. The number of rotatable bonds is 3. The molecule has 5 heteroatoms. The fraction of sp³-hybridized carbons (Fsp3) is 0.167. The van der Waals surface area contributed by atoms with Crippen molar-refractivity contribution in [2.45, 2.75) is 23.9 Å². The van der Waals surface area contributed by atoms with Crippen LogP contribution in [0.25, 0.3) is 0 Å². The Bertz CT molecular complexity index is 522. The van der Waals surface area contributed by atoms with Crippen molar-refractivity contribution >= 4 is 17.5 Å². The highest BCUT2D eigenvalue weighted by Crippen LogP contribution is 2.23. The fourth-order valence-corrected chi connectivity index (χ4v) is 1.85. The van der Waals surface area contributed by atoms with Crippen LogP contribution >= 0.6 is 11.8 Å². The number of nitrogens with zero attached hydrogens (tertiary/aromatic N) is 3. The normalized spacial score (nSPS) is 10.2. The maximum Gasteiger partial charge on any atom is 0.192 e. The second-order valence-electron chi connectivity index (χ2n) is 3.58. The highest BCUT2D eigenvalue weighted by atomic mass is 32.2. The van der Waals surface area contributed by atoms with Gasteiger partial charge in [-0.05, 0) is 36.4 Å².